The summed E-state index contributed by atoms with van der Waals surface area (Å²) >= 11 is 0. The largest absolute Gasteiger partial charge is 0.472 e. The Morgan fingerprint density at radius 1 is 0.315 bits per heavy atom. The van der Waals surface area contributed by atoms with Gasteiger partial charge in [0, 0.05) is 25.7 Å². The molecular formula is C70H136O17P2. The van der Waals surface area contributed by atoms with Crippen LogP contribution < -0.4 is 0 Å². The average molecular weight is 1310 g/mol. The summed E-state index contributed by atoms with van der Waals surface area (Å²) in [6, 6.07) is 0. The number of hydrogen-bond donors (Lipinski definition) is 3. The lowest BCUT2D eigenvalue weighted by atomic mass is 9.99. The highest BCUT2D eigenvalue weighted by Crippen LogP contribution is 2.45. The van der Waals surface area contributed by atoms with E-state index in [2.05, 4.69) is 55.4 Å². The molecule has 0 aromatic rings. The van der Waals surface area contributed by atoms with Gasteiger partial charge in [-0.3, -0.25) is 37.3 Å². The van der Waals surface area contributed by atoms with Crippen molar-refractivity contribution in [3.8, 4) is 0 Å². The third-order valence-corrected chi connectivity index (χ3v) is 18.3. The van der Waals surface area contributed by atoms with E-state index in [1.807, 2.05) is 0 Å². The summed E-state index contributed by atoms with van der Waals surface area (Å²) in [6.07, 6.45) is 41.9. The topological polar surface area (TPSA) is 237 Å². The van der Waals surface area contributed by atoms with Crippen LogP contribution in [0.5, 0.6) is 0 Å². The Kier molecular flexibility index (Phi) is 58.5. The van der Waals surface area contributed by atoms with Crippen LogP contribution in [0.2, 0.25) is 0 Å². The number of aliphatic hydroxyl groups is 1. The second-order valence-corrected chi connectivity index (χ2v) is 29.8. The number of carbonyl (C=O) groups excluding carboxylic acids is 4. The molecule has 17 nitrogen and oxygen atoms in total. The van der Waals surface area contributed by atoms with Gasteiger partial charge in [-0.1, -0.05) is 293 Å². The summed E-state index contributed by atoms with van der Waals surface area (Å²) in [7, 11) is -9.90. The standard InChI is InChI=1S/C70H136O17P2/c1-9-63(8)49-41-33-24-18-14-12-10-11-13-15-19-26-36-44-52-69(74)86-65(56-80-67(72)50-42-34-25-20-16-17-22-30-38-46-60(2)3)58-84-88(76,77)82-54-64(71)55-83-89(78,79)85-59-66(57-81-68(73)51-43-35-29-28-32-40-48-62(6)7)87-70(75)53-45-37-27-21-23-31-39-47-61(4)5/h60-66,71H,9-59H2,1-8H3,(H,76,77)(H,78,79)/t63?,64-,65-,66-/m1/s1. The second-order valence-electron chi connectivity index (χ2n) is 26.9. The van der Waals surface area contributed by atoms with Crippen molar-refractivity contribution < 1.29 is 80.2 Å². The maximum atomic E-state index is 13.0. The van der Waals surface area contributed by atoms with Crippen LogP contribution in [-0.2, 0) is 65.4 Å². The molecule has 0 saturated carbocycles. The van der Waals surface area contributed by atoms with Crippen LogP contribution in [0.1, 0.15) is 344 Å². The van der Waals surface area contributed by atoms with Crippen molar-refractivity contribution in [1.82, 2.24) is 0 Å². The molecule has 6 atom stereocenters. The lowest BCUT2D eigenvalue weighted by Gasteiger charge is -2.21. The van der Waals surface area contributed by atoms with Crippen molar-refractivity contribution in [2.75, 3.05) is 39.6 Å². The second kappa shape index (κ2) is 59.8. The molecule has 528 valence electrons. The van der Waals surface area contributed by atoms with Crippen molar-refractivity contribution in [1.29, 1.82) is 0 Å². The fraction of sp³-hybridized carbons (Fsp3) is 0.943. The molecule has 0 aromatic carbocycles. The van der Waals surface area contributed by atoms with Gasteiger partial charge in [0.05, 0.1) is 26.4 Å². The smallest absolute Gasteiger partial charge is 0.462 e. The number of carbonyl (C=O) groups is 4. The van der Waals surface area contributed by atoms with Crippen molar-refractivity contribution in [3.63, 3.8) is 0 Å². The van der Waals surface area contributed by atoms with Gasteiger partial charge >= 0.3 is 39.5 Å². The monoisotopic (exact) mass is 1310 g/mol. The van der Waals surface area contributed by atoms with Crippen LogP contribution in [0.25, 0.3) is 0 Å². The van der Waals surface area contributed by atoms with E-state index in [4.69, 9.17) is 37.0 Å². The summed E-state index contributed by atoms with van der Waals surface area (Å²) in [6.45, 7) is 14.0. The van der Waals surface area contributed by atoms with Gasteiger partial charge in [0.2, 0.25) is 0 Å². The van der Waals surface area contributed by atoms with Crippen LogP contribution >= 0.6 is 15.6 Å². The third kappa shape index (κ3) is 63.2. The van der Waals surface area contributed by atoms with Gasteiger partial charge in [-0.15, -0.1) is 0 Å². The van der Waals surface area contributed by atoms with Gasteiger partial charge in [-0.05, 0) is 49.4 Å². The minimum Gasteiger partial charge on any atom is -0.462 e. The number of aliphatic hydroxyl groups excluding tert-OH is 1. The van der Waals surface area contributed by atoms with E-state index in [1.165, 1.54) is 141 Å². The third-order valence-electron chi connectivity index (χ3n) is 16.4. The lowest BCUT2D eigenvalue weighted by Crippen LogP contribution is -2.30. The molecule has 0 saturated heterocycles. The lowest BCUT2D eigenvalue weighted by molar-refractivity contribution is -0.161. The molecule has 0 heterocycles. The van der Waals surface area contributed by atoms with Crippen molar-refractivity contribution in [2.24, 2.45) is 23.7 Å². The SMILES string of the molecule is CCC(C)CCCCCCCCCCCCCCCCC(=O)O[C@H](COC(=O)CCCCCCCCCCCC(C)C)COP(=O)(O)OC[C@@H](O)COP(=O)(O)OC[C@@H](COC(=O)CCCCCCCCC(C)C)OC(=O)CCCCCCCCCC(C)C. The quantitative estimate of drug-likeness (QED) is 0.0222. The Hall–Kier alpha value is -1.94. The predicted molar refractivity (Wildman–Crippen MR) is 358 cm³/mol. The van der Waals surface area contributed by atoms with Crippen molar-refractivity contribution in [3.05, 3.63) is 0 Å². The van der Waals surface area contributed by atoms with Gasteiger partial charge < -0.3 is 33.8 Å². The number of phosphoric acid groups is 2. The van der Waals surface area contributed by atoms with Crippen LogP contribution in [-0.4, -0.2) is 96.7 Å². The molecule has 0 aliphatic rings. The molecule has 0 aliphatic heterocycles. The first-order valence-electron chi connectivity index (χ1n) is 36.2. The minimum absolute atomic E-state index is 0.102. The van der Waals surface area contributed by atoms with Gasteiger partial charge in [-0.2, -0.15) is 0 Å². The van der Waals surface area contributed by atoms with E-state index >= 15 is 0 Å². The number of hydrogen-bond acceptors (Lipinski definition) is 15. The first kappa shape index (κ1) is 87.1. The molecule has 0 radical (unpaired) electrons. The van der Waals surface area contributed by atoms with Gasteiger partial charge in [-0.25, -0.2) is 9.13 Å². The number of esters is 4. The zero-order chi connectivity index (χ0) is 66.1. The Morgan fingerprint density at radius 3 is 0.798 bits per heavy atom. The maximum Gasteiger partial charge on any atom is 0.472 e. The zero-order valence-electron chi connectivity index (χ0n) is 58.1. The highest BCUT2D eigenvalue weighted by Gasteiger charge is 2.30. The van der Waals surface area contributed by atoms with E-state index in [1.54, 1.807) is 0 Å². The number of unbranched alkanes of at least 4 members (excludes halogenated alkanes) is 32. The molecule has 0 fully saturated rings. The molecule has 0 aromatic heterocycles. The van der Waals surface area contributed by atoms with Crippen LogP contribution in [0.4, 0.5) is 0 Å². The summed E-state index contributed by atoms with van der Waals surface area (Å²) in [4.78, 5) is 72.4. The summed E-state index contributed by atoms with van der Waals surface area (Å²) in [5.41, 5.74) is 0. The molecular weight excluding hydrogens is 1170 g/mol. The highest BCUT2D eigenvalue weighted by atomic mass is 31.2. The average Bonchev–Trinajstić information content (AvgIpc) is 3.51. The van der Waals surface area contributed by atoms with Crippen LogP contribution in [0.15, 0.2) is 0 Å². The van der Waals surface area contributed by atoms with Gasteiger partial charge in [0.25, 0.3) is 0 Å². The molecule has 89 heavy (non-hydrogen) atoms. The molecule has 0 spiro atoms. The Labute approximate surface area is 543 Å². The molecule has 0 amide bonds. The fourth-order valence-electron chi connectivity index (χ4n) is 10.5. The van der Waals surface area contributed by atoms with Crippen molar-refractivity contribution in [2.45, 2.75) is 363 Å². The summed E-state index contributed by atoms with van der Waals surface area (Å²) in [5, 5.41) is 10.6. The number of rotatable bonds is 67. The predicted octanol–water partition coefficient (Wildman–Crippen LogP) is 19.7. The van der Waals surface area contributed by atoms with Crippen molar-refractivity contribution >= 4 is 39.5 Å². The molecule has 0 aliphatic carbocycles. The molecule has 0 rings (SSSR count). The number of phosphoric ester groups is 2. The van der Waals surface area contributed by atoms with Crippen LogP contribution in [0, 0.1) is 23.7 Å². The van der Waals surface area contributed by atoms with E-state index in [-0.39, 0.29) is 25.7 Å². The Bertz CT molecular complexity index is 1770. The first-order valence-corrected chi connectivity index (χ1v) is 39.2. The van der Waals surface area contributed by atoms with Gasteiger partial charge in [0.1, 0.15) is 19.3 Å². The van der Waals surface area contributed by atoms with Gasteiger partial charge in [0.15, 0.2) is 12.2 Å². The van der Waals surface area contributed by atoms with E-state index in [0.717, 1.165) is 108 Å². The summed E-state index contributed by atoms with van der Waals surface area (Å²) < 4.78 is 68.2. The number of ether oxygens (including phenoxy) is 4. The van der Waals surface area contributed by atoms with E-state index in [0.29, 0.717) is 37.5 Å². The van der Waals surface area contributed by atoms with E-state index in [9.17, 15) is 43.2 Å². The molecule has 0 bridgehead atoms. The van der Waals surface area contributed by atoms with Crippen LogP contribution in [0.3, 0.4) is 0 Å². The molecule has 19 heteroatoms. The normalized spacial score (nSPS) is 14.6. The first-order chi connectivity index (χ1) is 42.6. The molecule has 3 unspecified atom stereocenters. The van der Waals surface area contributed by atoms with E-state index < -0.39 is 97.5 Å². The zero-order valence-corrected chi connectivity index (χ0v) is 59.8. The fourth-order valence-corrected chi connectivity index (χ4v) is 12.0. The Morgan fingerprint density at radius 2 is 0.539 bits per heavy atom. The minimum atomic E-state index is -4.95. The summed E-state index contributed by atoms with van der Waals surface area (Å²) in [5.74, 6) is 0.831. The highest BCUT2D eigenvalue weighted by molar-refractivity contribution is 7.47. The maximum absolute atomic E-state index is 13.0. The molecule has 3 N–H and O–H groups in total. The Balaban J connectivity index is 5.22.